The fraction of sp³-hybridized carbons (Fsp3) is 0.524. The summed E-state index contributed by atoms with van der Waals surface area (Å²) in [6.07, 6.45) is 5.09. The first-order valence-corrected chi connectivity index (χ1v) is 9.75. The molecule has 0 aliphatic carbocycles. The topological polar surface area (TPSA) is 76.7 Å². The van der Waals surface area contributed by atoms with Crippen LogP contribution in [0.2, 0.25) is 0 Å². The molecule has 27 heavy (non-hydrogen) atoms. The number of esters is 1. The summed E-state index contributed by atoms with van der Waals surface area (Å²) >= 11 is 0. The van der Waals surface area contributed by atoms with Crippen LogP contribution in [0.15, 0.2) is 35.5 Å². The van der Waals surface area contributed by atoms with Gasteiger partial charge in [0.1, 0.15) is 5.75 Å². The summed E-state index contributed by atoms with van der Waals surface area (Å²) in [6.45, 7) is 6.95. The van der Waals surface area contributed by atoms with E-state index < -0.39 is 12.0 Å². The zero-order chi connectivity index (χ0) is 19.6. The molecule has 1 aromatic carbocycles. The number of rotatable bonds is 10. The van der Waals surface area contributed by atoms with E-state index in [-0.39, 0.29) is 6.03 Å². The lowest BCUT2D eigenvalue weighted by Crippen LogP contribution is -2.45. The van der Waals surface area contributed by atoms with E-state index in [0.717, 1.165) is 43.4 Å². The van der Waals surface area contributed by atoms with Gasteiger partial charge in [-0.05, 0) is 37.5 Å². The lowest BCUT2D eigenvalue weighted by Gasteiger charge is -2.28. The molecule has 2 rings (SSSR count). The van der Waals surface area contributed by atoms with Crippen molar-refractivity contribution in [3.63, 3.8) is 0 Å². The number of benzene rings is 1. The Morgan fingerprint density at radius 2 is 1.78 bits per heavy atom. The van der Waals surface area contributed by atoms with Crippen LogP contribution in [0.1, 0.15) is 64.5 Å². The molecule has 1 aliphatic heterocycles. The van der Waals surface area contributed by atoms with Gasteiger partial charge >= 0.3 is 12.0 Å². The van der Waals surface area contributed by atoms with Crippen LogP contribution in [-0.2, 0) is 9.53 Å². The van der Waals surface area contributed by atoms with Gasteiger partial charge in [-0.3, -0.25) is 0 Å². The summed E-state index contributed by atoms with van der Waals surface area (Å²) < 4.78 is 11.0. The number of allylic oxidation sites excluding steroid dienone is 1. The molecule has 1 unspecified atom stereocenters. The van der Waals surface area contributed by atoms with Gasteiger partial charge in [-0.15, -0.1) is 0 Å². The average Bonchev–Trinajstić information content (AvgIpc) is 2.66. The van der Waals surface area contributed by atoms with E-state index in [4.69, 9.17) is 9.47 Å². The molecule has 0 aromatic heterocycles. The standard InChI is InChI=1S/C21H30N2O4/c1-4-6-7-8-14-27-20(24)18-15(3)22-21(25)23-19(18)16-9-11-17(12-10-16)26-13-5-2/h9-12,19H,4-8,13-14H2,1-3H3,(H2,22,23,25). The maximum Gasteiger partial charge on any atom is 0.338 e. The Bertz CT molecular complexity index is 667. The molecule has 1 aromatic rings. The molecule has 0 bridgehead atoms. The highest BCUT2D eigenvalue weighted by Crippen LogP contribution is 2.29. The fourth-order valence-corrected chi connectivity index (χ4v) is 2.96. The Balaban J connectivity index is 2.11. The highest BCUT2D eigenvalue weighted by molar-refractivity contribution is 5.95. The van der Waals surface area contributed by atoms with Crippen molar-refractivity contribution in [1.29, 1.82) is 0 Å². The minimum absolute atomic E-state index is 0.330. The molecule has 2 amide bonds. The quantitative estimate of drug-likeness (QED) is 0.475. The Hall–Kier alpha value is -2.50. The van der Waals surface area contributed by atoms with Crippen LogP contribution in [0.25, 0.3) is 0 Å². The van der Waals surface area contributed by atoms with Crippen molar-refractivity contribution in [2.45, 2.75) is 58.9 Å². The molecule has 1 aliphatic rings. The van der Waals surface area contributed by atoms with Crippen LogP contribution >= 0.6 is 0 Å². The number of carbonyl (C=O) groups is 2. The Labute approximate surface area is 161 Å². The molecule has 0 saturated heterocycles. The zero-order valence-corrected chi connectivity index (χ0v) is 16.5. The normalized spacial score (nSPS) is 16.6. The summed E-state index contributed by atoms with van der Waals surface area (Å²) in [5.41, 5.74) is 1.77. The first-order chi connectivity index (χ1) is 13.1. The highest BCUT2D eigenvalue weighted by Gasteiger charge is 2.32. The number of unbranched alkanes of at least 4 members (excludes halogenated alkanes) is 3. The predicted molar refractivity (Wildman–Crippen MR) is 104 cm³/mol. The number of amides is 2. The number of hydrogen-bond donors (Lipinski definition) is 2. The Morgan fingerprint density at radius 3 is 2.44 bits per heavy atom. The summed E-state index contributed by atoms with van der Waals surface area (Å²) in [5.74, 6) is 0.370. The van der Waals surface area contributed by atoms with E-state index in [2.05, 4.69) is 17.6 Å². The van der Waals surface area contributed by atoms with Crippen LogP contribution in [0.4, 0.5) is 4.79 Å². The predicted octanol–water partition coefficient (Wildman–Crippen LogP) is 4.23. The van der Waals surface area contributed by atoms with Gasteiger partial charge in [0, 0.05) is 5.70 Å². The van der Waals surface area contributed by atoms with Crippen molar-refractivity contribution in [1.82, 2.24) is 10.6 Å². The van der Waals surface area contributed by atoms with Crippen LogP contribution in [0.3, 0.4) is 0 Å². The van der Waals surface area contributed by atoms with E-state index in [1.165, 1.54) is 0 Å². The van der Waals surface area contributed by atoms with E-state index in [1.807, 2.05) is 31.2 Å². The van der Waals surface area contributed by atoms with Gasteiger partial charge in [-0.2, -0.15) is 0 Å². The molecule has 2 N–H and O–H groups in total. The third kappa shape index (κ3) is 6.01. The molecule has 6 nitrogen and oxygen atoms in total. The molecular weight excluding hydrogens is 344 g/mol. The number of hydrogen-bond acceptors (Lipinski definition) is 4. The van der Waals surface area contributed by atoms with E-state index in [9.17, 15) is 9.59 Å². The third-order valence-electron chi connectivity index (χ3n) is 4.41. The van der Waals surface area contributed by atoms with Crippen LogP contribution in [0, 0.1) is 0 Å². The largest absolute Gasteiger partial charge is 0.494 e. The van der Waals surface area contributed by atoms with Crippen molar-refractivity contribution in [2.75, 3.05) is 13.2 Å². The van der Waals surface area contributed by atoms with E-state index >= 15 is 0 Å². The molecule has 6 heteroatoms. The molecule has 0 spiro atoms. The summed E-state index contributed by atoms with van der Waals surface area (Å²) in [5, 5.41) is 5.48. The SMILES string of the molecule is CCCCCCOC(=O)C1=C(C)NC(=O)NC1c1ccc(OCCC)cc1. The second-order valence-electron chi connectivity index (χ2n) is 6.68. The highest BCUT2D eigenvalue weighted by atomic mass is 16.5. The van der Waals surface area contributed by atoms with Crippen molar-refractivity contribution in [3.05, 3.63) is 41.1 Å². The summed E-state index contributed by atoms with van der Waals surface area (Å²) in [7, 11) is 0. The van der Waals surface area contributed by atoms with E-state index in [1.54, 1.807) is 6.92 Å². The lowest BCUT2D eigenvalue weighted by molar-refractivity contribution is -0.139. The van der Waals surface area contributed by atoms with Gasteiger partial charge in [0.05, 0.1) is 24.8 Å². The van der Waals surface area contributed by atoms with Crippen molar-refractivity contribution < 1.29 is 19.1 Å². The molecule has 0 fully saturated rings. The van der Waals surface area contributed by atoms with Gasteiger partial charge in [-0.25, -0.2) is 9.59 Å². The van der Waals surface area contributed by atoms with Crippen LogP contribution in [-0.4, -0.2) is 25.2 Å². The maximum absolute atomic E-state index is 12.6. The second kappa shape index (κ2) is 10.6. The molecule has 0 saturated carbocycles. The summed E-state index contributed by atoms with van der Waals surface area (Å²) in [6, 6.07) is 6.56. The first-order valence-electron chi connectivity index (χ1n) is 9.75. The lowest BCUT2D eigenvalue weighted by atomic mass is 9.95. The van der Waals surface area contributed by atoms with Crippen LogP contribution in [0.5, 0.6) is 5.75 Å². The molecule has 148 valence electrons. The van der Waals surface area contributed by atoms with Gasteiger partial charge in [0.25, 0.3) is 0 Å². The number of carbonyl (C=O) groups excluding carboxylic acids is 2. The Morgan fingerprint density at radius 1 is 1.04 bits per heavy atom. The average molecular weight is 374 g/mol. The maximum atomic E-state index is 12.6. The van der Waals surface area contributed by atoms with Gasteiger partial charge in [-0.1, -0.05) is 45.2 Å². The van der Waals surface area contributed by atoms with Crippen LogP contribution < -0.4 is 15.4 Å². The molecular formula is C21H30N2O4. The minimum Gasteiger partial charge on any atom is -0.494 e. The van der Waals surface area contributed by atoms with Gasteiger partial charge in [0.2, 0.25) is 0 Å². The number of nitrogens with one attached hydrogen (secondary N) is 2. The minimum atomic E-state index is -0.540. The van der Waals surface area contributed by atoms with Gasteiger partial charge < -0.3 is 20.1 Å². The van der Waals surface area contributed by atoms with Gasteiger partial charge in [0.15, 0.2) is 0 Å². The Kier molecular flexibility index (Phi) is 8.17. The van der Waals surface area contributed by atoms with Crippen molar-refractivity contribution in [2.24, 2.45) is 0 Å². The third-order valence-corrected chi connectivity index (χ3v) is 4.41. The zero-order valence-electron chi connectivity index (χ0n) is 16.5. The molecule has 1 heterocycles. The van der Waals surface area contributed by atoms with E-state index in [0.29, 0.717) is 24.5 Å². The second-order valence-corrected chi connectivity index (χ2v) is 6.68. The monoisotopic (exact) mass is 374 g/mol. The molecule has 0 radical (unpaired) electrons. The number of urea groups is 1. The molecule has 1 atom stereocenters. The smallest absolute Gasteiger partial charge is 0.338 e. The fourth-order valence-electron chi connectivity index (χ4n) is 2.96. The van der Waals surface area contributed by atoms with Crippen molar-refractivity contribution in [3.8, 4) is 5.75 Å². The number of ether oxygens (including phenoxy) is 2. The van der Waals surface area contributed by atoms with Crippen molar-refractivity contribution >= 4 is 12.0 Å². The first kappa shape index (κ1) is 20.8. The summed E-state index contributed by atoms with van der Waals surface area (Å²) in [4.78, 5) is 24.6.